The molecule has 1 aromatic heterocycles. The summed E-state index contributed by atoms with van der Waals surface area (Å²) in [7, 11) is -4.12. The van der Waals surface area contributed by atoms with Crippen LogP contribution < -0.4 is 5.14 Å². The normalized spacial score (nSPS) is 11.1. The van der Waals surface area contributed by atoms with Gasteiger partial charge >= 0.3 is 0 Å². The molecular weight excluding hydrogens is 341 g/mol. The fourth-order valence-corrected chi connectivity index (χ4v) is 3.06. The van der Waals surface area contributed by atoms with Crippen LogP contribution in [0.5, 0.6) is 0 Å². The van der Waals surface area contributed by atoms with Crippen LogP contribution in [0.1, 0.15) is 5.56 Å². The molecule has 0 amide bonds. The van der Waals surface area contributed by atoms with Crippen molar-refractivity contribution in [3.8, 4) is 28.5 Å². The number of nitriles is 1. The fraction of sp³-hybridized carbons (Fsp3) is 0. The number of halogens is 1. The highest BCUT2D eigenvalue weighted by Gasteiger charge is 2.16. The number of aromatic nitrogens is 1. The van der Waals surface area contributed by atoms with Gasteiger partial charge in [0.2, 0.25) is 10.0 Å². The second-order valence-electron chi connectivity index (χ2n) is 5.28. The van der Waals surface area contributed by atoms with Gasteiger partial charge in [-0.2, -0.15) is 5.26 Å². The number of hydrogen-bond acceptors (Lipinski definition) is 4. The summed E-state index contributed by atoms with van der Waals surface area (Å²) in [4.78, 5) is 3.78. The maximum atomic E-state index is 14.1. The third kappa shape index (κ3) is 3.40. The number of pyridine rings is 1. The fourth-order valence-electron chi connectivity index (χ4n) is 2.47. The molecule has 0 saturated heterocycles. The van der Waals surface area contributed by atoms with Gasteiger partial charge in [0.25, 0.3) is 0 Å². The monoisotopic (exact) mass is 353 g/mol. The van der Waals surface area contributed by atoms with Crippen molar-refractivity contribution >= 4 is 10.0 Å². The highest BCUT2D eigenvalue weighted by atomic mass is 32.2. The van der Waals surface area contributed by atoms with Gasteiger partial charge in [0.1, 0.15) is 10.7 Å². The Labute approximate surface area is 144 Å². The van der Waals surface area contributed by atoms with Gasteiger partial charge in [0, 0.05) is 17.3 Å². The van der Waals surface area contributed by atoms with Crippen LogP contribution in [0.15, 0.2) is 65.7 Å². The minimum Gasteiger partial charge on any atom is -0.256 e. The minimum atomic E-state index is -4.12. The molecule has 1 heterocycles. The number of benzene rings is 2. The molecule has 2 aromatic carbocycles. The highest BCUT2D eigenvalue weighted by molar-refractivity contribution is 7.89. The molecule has 2 N–H and O–H groups in total. The van der Waals surface area contributed by atoms with Crippen LogP contribution in [0.25, 0.3) is 22.4 Å². The van der Waals surface area contributed by atoms with Crippen molar-refractivity contribution in [2.24, 2.45) is 5.14 Å². The Hall–Kier alpha value is -3.08. The average Bonchev–Trinajstić information content (AvgIpc) is 2.60. The summed E-state index contributed by atoms with van der Waals surface area (Å²) in [6.45, 7) is 0. The van der Waals surface area contributed by atoms with E-state index in [1.165, 1.54) is 6.07 Å². The van der Waals surface area contributed by atoms with Crippen LogP contribution in [-0.2, 0) is 10.0 Å². The van der Waals surface area contributed by atoms with Crippen molar-refractivity contribution in [2.45, 2.75) is 4.90 Å². The molecule has 0 spiro atoms. The Morgan fingerprint density at radius 2 is 1.72 bits per heavy atom. The Balaban J connectivity index is 2.13. The van der Waals surface area contributed by atoms with Gasteiger partial charge in [-0.25, -0.2) is 17.9 Å². The van der Waals surface area contributed by atoms with Gasteiger partial charge in [-0.3, -0.25) is 4.98 Å². The third-order valence-corrected chi connectivity index (χ3v) is 4.59. The van der Waals surface area contributed by atoms with E-state index in [4.69, 9.17) is 10.4 Å². The van der Waals surface area contributed by atoms with Gasteiger partial charge in [0.05, 0.1) is 17.3 Å². The zero-order valence-electron chi connectivity index (χ0n) is 12.8. The minimum absolute atomic E-state index is 0.470. The lowest BCUT2D eigenvalue weighted by Gasteiger charge is -2.10. The summed E-state index contributed by atoms with van der Waals surface area (Å²) in [6.07, 6.45) is 1.60. The highest BCUT2D eigenvalue weighted by Crippen LogP contribution is 2.31. The smallest absolute Gasteiger partial charge is 0.240 e. The van der Waals surface area contributed by atoms with Gasteiger partial charge in [0.15, 0.2) is 0 Å². The molecule has 0 atom stereocenters. The van der Waals surface area contributed by atoms with E-state index < -0.39 is 20.7 Å². The van der Waals surface area contributed by atoms with E-state index >= 15 is 0 Å². The van der Waals surface area contributed by atoms with Crippen LogP contribution in [0.4, 0.5) is 4.39 Å². The Morgan fingerprint density at radius 3 is 2.32 bits per heavy atom. The van der Waals surface area contributed by atoms with Gasteiger partial charge in [-0.05, 0) is 35.9 Å². The SMILES string of the molecule is N#Cc1ccc(-c2ncccc2-c2ccc(S(N)(=O)=O)c(F)c2)cc1. The molecule has 0 saturated carbocycles. The second-order valence-corrected chi connectivity index (χ2v) is 6.81. The second kappa shape index (κ2) is 6.43. The quantitative estimate of drug-likeness (QED) is 0.782. The van der Waals surface area contributed by atoms with Crippen LogP contribution in [0, 0.1) is 17.1 Å². The first-order valence-corrected chi connectivity index (χ1v) is 8.73. The molecule has 0 aliphatic rings. The first kappa shape index (κ1) is 16.8. The summed E-state index contributed by atoms with van der Waals surface area (Å²) < 4.78 is 36.8. The lowest BCUT2D eigenvalue weighted by Crippen LogP contribution is -2.13. The molecule has 0 bridgehead atoms. The van der Waals surface area contributed by atoms with Crippen molar-refractivity contribution in [3.63, 3.8) is 0 Å². The topological polar surface area (TPSA) is 96.8 Å². The maximum absolute atomic E-state index is 14.1. The summed E-state index contributed by atoms with van der Waals surface area (Å²) >= 11 is 0. The summed E-state index contributed by atoms with van der Waals surface area (Å²) in [5, 5.41) is 13.9. The molecule has 0 radical (unpaired) electrons. The maximum Gasteiger partial charge on any atom is 0.240 e. The molecule has 7 heteroatoms. The molecular formula is C18H12FN3O2S. The number of nitrogens with zero attached hydrogens (tertiary/aromatic N) is 2. The zero-order chi connectivity index (χ0) is 18.0. The zero-order valence-corrected chi connectivity index (χ0v) is 13.7. The van der Waals surface area contributed by atoms with Crippen molar-refractivity contribution in [1.29, 1.82) is 5.26 Å². The third-order valence-electron chi connectivity index (χ3n) is 3.64. The lowest BCUT2D eigenvalue weighted by molar-refractivity contribution is 0.568. The molecule has 124 valence electrons. The van der Waals surface area contributed by atoms with Crippen LogP contribution >= 0.6 is 0 Å². The first-order valence-electron chi connectivity index (χ1n) is 7.18. The predicted molar refractivity (Wildman–Crippen MR) is 91.2 cm³/mol. The Bertz CT molecular complexity index is 1090. The average molecular weight is 353 g/mol. The molecule has 3 rings (SSSR count). The number of primary sulfonamides is 1. The van der Waals surface area contributed by atoms with E-state index in [1.807, 2.05) is 6.07 Å². The molecule has 0 aliphatic heterocycles. The number of nitrogens with two attached hydrogens (primary N) is 1. The van der Waals surface area contributed by atoms with E-state index in [-0.39, 0.29) is 0 Å². The van der Waals surface area contributed by atoms with Crippen LogP contribution in [0.3, 0.4) is 0 Å². The first-order chi connectivity index (χ1) is 11.9. The van der Waals surface area contributed by atoms with E-state index in [9.17, 15) is 12.8 Å². The summed E-state index contributed by atoms with van der Waals surface area (Å²) in [6, 6.07) is 16.1. The number of hydrogen-bond donors (Lipinski definition) is 1. The predicted octanol–water partition coefficient (Wildman–Crippen LogP) is 3.07. The standard InChI is InChI=1S/C18H12FN3O2S/c19-16-10-14(7-8-17(16)25(21,23)24)15-2-1-9-22-18(15)13-5-3-12(11-20)4-6-13/h1-10H,(H2,21,23,24). The van der Waals surface area contributed by atoms with Crippen LogP contribution in [-0.4, -0.2) is 13.4 Å². The van der Waals surface area contributed by atoms with Crippen molar-refractivity contribution in [3.05, 3.63) is 72.2 Å². The lowest BCUT2D eigenvalue weighted by atomic mass is 9.99. The Kier molecular flexibility index (Phi) is 4.31. The largest absolute Gasteiger partial charge is 0.256 e. The van der Waals surface area contributed by atoms with E-state index in [0.29, 0.717) is 22.4 Å². The number of rotatable bonds is 3. The van der Waals surface area contributed by atoms with Crippen molar-refractivity contribution < 1.29 is 12.8 Å². The van der Waals surface area contributed by atoms with Gasteiger partial charge in [-0.15, -0.1) is 0 Å². The van der Waals surface area contributed by atoms with E-state index in [2.05, 4.69) is 4.98 Å². The van der Waals surface area contributed by atoms with E-state index in [1.54, 1.807) is 42.6 Å². The van der Waals surface area contributed by atoms with Crippen molar-refractivity contribution in [1.82, 2.24) is 4.98 Å². The van der Waals surface area contributed by atoms with Gasteiger partial charge in [-0.1, -0.05) is 24.3 Å². The van der Waals surface area contributed by atoms with Crippen molar-refractivity contribution in [2.75, 3.05) is 0 Å². The summed E-state index contributed by atoms with van der Waals surface area (Å²) in [5.74, 6) is -0.922. The Morgan fingerprint density at radius 1 is 1.04 bits per heavy atom. The molecule has 0 aliphatic carbocycles. The van der Waals surface area contributed by atoms with Gasteiger partial charge < -0.3 is 0 Å². The number of sulfonamides is 1. The summed E-state index contributed by atoms with van der Waals surface area (Å²) in [5.41, 5.74) is 2.97. The molecule has 0 unspecified atom stereocenters. The molecule has 5 nitrogen and oxygen atoms in total. The van der Waals surface area contributed by atoms with Crippen LogP contribution in [0.2, 0.25) is 0 Å². The molecule has 25 heavy (non-hydrogen) atoms. The van der Waals surface area contributed by atoms with E-state index in [0.717, 1.165) is 17.7 Å². The molecule has 3 aromatic rings. The molecule has 0 fully saturated rings.